The van der Waals surface area contributed by atoms with Crippen LogP contribution < -0.4 is 5.73 Å². The van der Waals surface area contributed by atoms with Crippen LogP contribution in [0, 0.1) is 0 Å². The van der Waals surface area contributed by atoms with Gasteiger partial charge in [-0.3, -0.25) is 0 Å². The summed E-state index contributed by atoms with van der Waals surface area (Å²) in [7, 11) is 0. The molecule has 0 saturated heterocycles. The van der Waals surface area contributed by atoms with E-state index in [1.165, 1.54) is 83.5 Å². The van der Waals surface area contributed by atoms with Crippen LogP contribution in [0.2, 0.25) is 0 Å². The van der Waals surface area contributed by atoms with Crippen LogP contribution in [-0.2, 0) is 0 Å². The third-order valence-corrected chi connectivity index (χ3v) is 4.46. The monoisotopic (exact) mass is 327 g/mol. The highest BCUT2D eigenvalue weighted by atomic mass is 16.3. The predicted octanol–water partition coefficient (Wildman–Crippen LogP) is 4.70. The van der Waals surface area contributed by atoms with Gasteiger partial charge in [0.15, 0.2) is 0 Å². The molecule has 3 heteroatoms. The first kappa shape index (κ1) is 22.6. The number of unbranched alkanes of at least 4 members (excludes halogenated alkanes) is 13. The molecule has 23 heavy (non-hydrogen) atoms. The van der Waals surface area contributed by atoms with Crippen LogP contribution in [0.4, 0.5) is 0 Å². The van der Waals surface area contributed by atoms with Gasteiger partial charge in [-0.05, 0) is 12.8 Å². The first-order valence-electron chi connectivity index (χ1n) is 9.93. The lowest BCUT2D eigenvalue weighted by Gasteiger charge is -2.11. The van der Waals surface area contributed by atoms with E-state index < -0.39 is 12.1 Å². The fourth-order valence-corrected chi connectivity index (χ4v) is 2.77. The maximum atomic E-state index is 9.55. The van der Waals surface area contributed by atoms with Crippen molar-refractivity contribution in [3.8, 4) is 0 Å². The van der Waals surface area contributed by atoms with E-state index in [1.807, 2.05) is 6.08 Å². The van der Waals surface area contributed by atoms with Crippen LogP contribution in [0.5, 0.6) is 0 Å². The van der Waals surface area contributed by atoms with Gasteiger partial charge >= 0.3 is 0 Å². The van der Waals surface area contributed by atoms with E-state index in [9.17, 15) is 5.11 Å². The molecule has 0 saturated carbocycles. The summed E-state index contributed by atoms with van der Waals surface area (Å²) >= 11 is 0. The molecule has 0 spiro atoms. The van der Waals surface area contributed by atoms with Crippen molar-refractivity contribution in [1.82, 2.24) is 0 Å². The summed E-state index contributed by atoms with van der Waals surface area (Å²) in [6.07, 6.45) is 21.7. The van der Waals surface area contributed by atoms with Crippen molar-refractivity contribution in [3.63, 3.8) is 0 Å². The van der Waals surface area contributed by atoms with E-state index in [1.54, 1.807) is 6.08 Å². The van der Waals surface area contributed by atoms with Crippen molar-refractivity contribution in [2.45, 2.75) is 109 Å². The van der Waals surface area contributed by atoms with Crippen molar-refractivity contribution < 1.29 is 10.2 Å². The third-order valence-electron chi connectivity index (χ3n) is 4.46. The maximum absolute atomic E-state index is 9.55. The molecule has 0 heterocycles. The molecule has 138 valence electrons. The van der Waals surface area contributed by atoms with Gasteiger partial charge in [0.1, 0.15) is 0 Å². The summed E-state index contributed by atoms with van der Waals surface area (Å²) in [6.45, 7) is 2.09. The zero-order valence-corrected chi connectivity index (χ0v) is 15.4. The second-order valence-corrected chi connectivity index (χ2v) is 6.80. The first-order valence-corrected chi connectivity index (χ1v) is 9.93. The molecule has 2 unspecified atom stereocenters. The topological polar surface area (TPSA) is 66.5 Å². The molecular formula is C20H41NO2. The molecule has 0 bridgehead atoms. The van der Waals surface area contributed by atoms with Gasteiger partial charge in [-0.1, -0.05) is 96.1 Å². The number of hydrogen-bond acceptors (Lipinski definition) is 3. The molecule has 3 nitrogen and oxygen atoms in total. The third kappa shape index (κ3) is 16.3. The molecule has 0 aromatic heterocycles. The quantitative estimate of drug-likeness (QED) is 0.268. The van der Waals surface area contributed by atoms with Gasteiger partial charge < -0.3 is 15.9 Å². The molecule has 0 aliphatic heterocycles. The average molecular weight is 328 g/mol. The largest absolute Gasteiger partial charge is 0.395 e. The highest BCUT2D eigenvalue weighted by molar-refractivity contribution is 4.93. The number of nitrogens with two attached hydrogens (primary N) is 1. The summed E-state index contributed by atoms with van der Waals surface area (Å²) in [5.74, 6) is 0. The van der Waals surface area contributed by atoms with Gasteiger partial charge in [0, 0.05) is 0 Å². The zero-order valence-electron chi connectivity index (χ0n) is 15.4. The second-order valence-electron chi connectivity index (χ2n) is 6.80. The highest BCUT2D eigenvalue weighted by Gasteiger charge is 2.08. The van der Waals surface area contributed by atoms with Crippen molar-refractivity contribution in [2.75, 3.05) is 6.61 Å². The maximum Gasteiger partial charge on any atom is 0.0894 e. The second kappa shape index (κ2) is 18.0. The van der Waals surface area contributed by atoms with Gasteiger partial charge in [-0.15, -0.1) is 0 Å². The Morgan fingerprint density at radius 3 is 1.65 bits per heavy atom. The molecule has 0 radical (unpaired) electrons. The number of aliphatic hydroxyl groups excluding tert-OH is 2. The fourth-order valence-electron chi connectivity index (χ4n) is 2.77. The van der Waals surface area contributed by atoms with E-state index in [4.69, 9.17) is 10.8 Å². The molecule has 0 fully saturated rings. The van der Waals surface area contributed by atoms with E-state index in [2.05, 4.69) is 6.92 Å². The summed E-state index contributed by atoms with van der Waals surface area (Å²) in [6, 6.07) is -0.558. The Hall–Kier alpha value is -0.380. The van der Waals surface area contributed by atoms with Gasteiger partial charge in [-0.25, -0.2) is 0 Å². The van der Waals surface area contributed by atoms with E-state index in [0.29, 0.717) is 0 Å². The van der Waals surface area contributed by atoms with E-state index in [-0.39, 0.29) is 6.61 Å². The minimum atomic E-state index is -0.720. The molecule has 0 amide bonds. The Morgan fingerprint density at radius 1 is 0.783 bits per heavy atom. The van der Waals surface area contributed by atoms with Gasteiger partial charge in [0.05, 0.1) is 18.8 Å². The Labute approximate surface area is 144 Å². The lowest BCUT2D eigenvalue weighted by molar-refractivity contribution is 0.144. The average Bonchev–Trinajstić information content (AvgIpc) is 2.57. The SMILES string of the molecule is CCCCCCCCCCCCCCCC=CC(O)C(N)CO. The molecule has 0 aromatic rings. The lowest BCUT2D eigenvalue weighted by Crippen LogP contribution is -2.36. The van der Waals surface area contributed by atoms with Crippen molar-refractivity contribution in [2.24, 2.45) is 5.73 Å². The Bertz CT molecular complexity index is 256. The molecule has 0 aliphatic rings. The zero-order chi connectivity index (χ0) is 17.2. The molecule has 4 N–H and O–H groups in total. The number of aliphatic hydroxyl groups is 2. The Balaban J connectivity index is 3.17. The lowest BCUT2D eigenvalue weighted by atomic mass is 10.0. The van der Waals surface area contributed by atoms with Crippen LogP contribution in [0.25, 0.3) is 0 Å². The molecule has 0 aliphatic carbocycles. The van der Waals surface area contributed by atoms with Gasteiger partial charge in [0.25, 0.3) is 0 Å². The Kier molecular flexibility index (Phi) is 17.7. The fraction of sp³-hybridized carbons (Fsp3) is 0.900. The van der Waals surface area contributed by atoms with Crippen LogP contribution in [-0.4, -0.2) is 29.0 Å². The molecule has 2 atom stereocenters. The normalized spacial score (nSPS) is 14.4. The van der Waals surface area contributed by atoms with Crippen LogP contribution in [0.3, 0.4) is 0 Å². The summed E-state index contributed by atoms with van der Waals surface area (Å²) < 4.78 is 0. The van der Waals surface area contributed by atoms with Crippen LogP contribution >= 0.6 is 0 Å². The van der Waals surface area contributed by atoms with Gasteiger partial charge in [-0.2, -0.15) is 0 Å². The summed E-state index contributed by atoms with van der Waals surface area (Å²) in [5.41, 5.74) is 5.53. The summed E-state index contributed by atoms with van der Waals surface area (Å²) in [4.78, 5) is 0. The van der Waals surface area contributed by atoms with E-state index >= 15 is 0 Å². The molecule has 0 rings (SSSR count). The number of allylic oxidation sites excluding steroid dienone is 1. The number of rotatable bonds is 17. The smallest absolute Gasteiger partial charge is 0.0894 e. The predicted molar refractivity (Wildman–Crippen MR) is 101 cm³/mol. The highest BCUT2D eigenvalue weighted by Crippen LogP contribution is 2.13. The van der Waals surface area contributed by atoms with Crippen molar-refractivity contribution in [3.05, 3.63) is 12.2 Å². The van der Waals surface area contributed by atoms with Crippen LogP contribution in [0.15, 0.2) is 12.2 Å². The minimum Gasteiger partial charge on any atom is -0.395 e. The van der Waals surface area contributed by atoms with Gasteiger partial charge in [0.2, 0.25) is 0 Å². The standard InChI is InChI=1S/C20H41NO2/c1-2-3-4-5-6-7-8-9-10-11-12-13-14-15-16-17-20(23)19(21)18-22/h16-17,19-20,22-23H,2-15,18,21H2,1H3. The van der Waals surface area contributed by atoms with Crippen molar-refractivity contribution >= 4 is 0 Å². The molecular weight excluding hydrogens is 286 g/mol. The number of hydrogen-bond donors (Lipinski definition) is 3. The van der Waals surface area contributed by atoms with E-state index in [0.717, 1.165) is 6.42 Å². The van der Waals surface area contributed by atoms with Crippen molar-refractivity contribution in [1.29, 1.82) is 0 Å². The first-order chi connectivity index (χ1) is 11.2. The minimum absolute atomic E-state index is 0.176. The van der Waals surface area contributed by atoms with Crippen LogP contribution in [0.1, 0.15) is 96.8 Å². The Morgan fingerprint density at radius 2 is 1.22 bits per heavy atom. The summed E-state index contributed by atoms with van der Waals surface area (Å²) in [5, 5.41) is 18.4. The molecule has 0 aromatic carbocycles.